The number of methoxy groups -OCH3 is 1. The fourth-order valence-corrected chi connectivity index (χ4v) is 2.85. The Morgan fingerprint density at radius 1 is 1.22 bits per heavy atom. The molecule has 1 unspecified atom stereocenters. The van der Waals surface area contributed by atoms with E-state index in [4.69, 9.17) is 16.3 Å². The Morgan fingerprint density at radius 3 is 2.56 bits per heavy atom. The van der Waals surface area contributed by atoms with Crippen LogP contribution in [0.25, 0.3) is 0 Å². The van der Waals surface area contributed by atoms with Crippen LogP contribution in [0.1, 0.15) is 55.8 Å². The lowest BCUT2D eigenvalue weighted by molar-refractivity contribution is 0.415. The van der Waals surface area contributed by atoms with Crippen LogP contribution in [0.15, 0.2) is 18.2 Å². The maximum atomic E-state index is 6.13. The summed E-state index contributed by atoms with van der Waals surface area (Å²) in [7, 11) is 1.64. The molecule has 0 saturated heterocycles. The Kier molecular flexibility index (Phi) is 7.76. The lowest BCUT2D eigenvalue weighted by Gasteiger charge is -2.12. The number of ether oxygens (including phenoxy) is 1. The molecule has 0 radical (unpaired) electrons. The summed E-state index contributed by atoms with van der Waals surface area (Å²) in [4.78, 5) is 0.391. The number of rotatable bonds is 8. The molecule has 102 valence electrons. The summed E-state index contributed by atoms with van der Waals surface area (Å²) in [6, 6.07) is 6.00. The van der Waals surface area contributed by atoms with Crippen molar-refractivity contribution in [1.29, 1.82) is 0 Å². The van der Waals surface area contributed by atoms with Crippen LogP contribution in [-0.4, -0.2) is 7.11 Å². The number of hydrogen-bond acceptors (Lipinski definition) is 1. The third kappa shape index (κ3) is 5.19. The highest BCUT2D eigenvalue weighted by Crippen LogP contribution is 2.33. The standard InChI is InChI=1S/C15H22BrClO/c1-3-4-5-6-7-8-13(16)12-9-10-15(18-2)14(17)11-12/h9-11,13H,3-8H2,1-2H3. The zero-order valence-electron chi connectivity index (χ0n) is 11.2. The van der Waals surface area contributed by atoms with Gasteiger partial charge < -0.3 is 4.74 Å². The number of benzene rings is 1. The third-order valence-electron chi connectivity index (χ3n) is 3.10. The lowest BCUT2D eigenvalue weighted by Crippen LogP contribution is -1.92. The molecule has 3 heteroatoms. The van der Waals surface area contributed by atoms with Crippen molar-refractivity contribution in [3.63, 3.8) is 0 Å². The van der Waals surface area contributed by atoms with Crippen molar-refractivity contribution in [3.8, 4) is 5.75 Å². The second-order valence-electron chi connectivity index (χ2n) is 4.56. The Balaban J connectivity index is 2.41. The summed E-state index contributed by atoms with van der Waals surface area (Å²) in [5.74, 6) is 0.739. The normalized spacial score (nSPS) is 12.4. The van der Waals surface area contributed by atoms with Crippen molar-refractivity contribution in [2.45, 2.75) is 50.3 Å². The van der Waals surface area contributed by atoms with E-state index in [2.05, 4.69) is 28.9 Å². The highest BCUT2D eigenvalue weighted by molar-refractivity contribution is 9.09. The highest BCUT2D eigenvalue weighted by atomic mass is 79.9. The molecule has 0 aromatic heterocycles. The fraction of sp³-hybridized carbons (Fsp3) is 0.600. The van der Waals surface area contributed by atoms with Crippen LogP contribution in [0, 0.1) is 0 Å². The molecule has 0 aliphatic heterocycles. The molecule has 0 aliphatic rings. The first kappa shape index (κ1) is 15.8. The van der Waals surface area contributed by atoms with E-state index in [-0.39, 0.29) is 0 Å². The van der Waals surface area contributed by atoms with Gasteiger partial charge in [-0.25, -0.2) is 0 Å². The first-order chi connectivity index (χ1) is 8.69. The van der Waals surface area contributed by atoms with Crippen LogP contribution in [0.3, 0.4) is 0 Å². The Bertz CT molecular complexity index is 354. The highest BCUT2D eigenvalue weighted by Gasteiger charge is 2.09. The van der Waals surface area contributed by atoms with Gasteiger partial charge in [0.2, 0.25) is 0 Å². The molecule has 1 nitrogen and oxygen atoms in total. The molecule has 0 bridgehead atoms. The van der Waals surface area contributed by atoms with E-state index in [0.717, 1.165) is 12.2 Å². The van der Waals surface area contributed by atoms with Gasteiger partial charge in [-0.1, -0.05) is 72.6 Å². The second kappa shape index (κ2) is 8.82. The summed E-state index contributed by atoms with van der Waals surface area (Å²) >= 11 is 9.87. The molecular formula is C15H22BrClO. The van der Waals surface area contributed by atoms with E-state index in [1.54, 1.807) is 7.11 Å². The van der Waals surface area contributed by atoms with Crippen LogP contribution in [0.2, 0.25) is 5.02 Å². The van der Waals surface area contributed by atoms with E-state index >= 15 is 0 Å². The van der Waals surface area contributed by atoms with Crippen LogP contribution in [0.5, 0.6) is 5.75 Å². The summed E-state index contributed by atoms with van der Waals surface area (Å²) in [6.45, 7) is 2.24. The maximum absolute atomic E-state index is 6.13. The average Bonchev–Trinajstić information content (AvgIpc) is 2.38. The van der Waals surface area contributed by atoms with Gasteiger partial charge in [0.05, 0.1) is 12.1 Å². The zero-order chi connectivity index (χ0) is 13.4. The molecule has 1 aromatic rings. The first-order valence-corrected chi connectivity index (χ1v) is 7.96. The van der Waals surface area contributed by atoms with Crippen molar-refractivity contribution in [2.75, 3.05) is 7.11 Å². The van der Waals surface area contributed by atoms with Crippen molar-refractivity contribution in [2.24, 2.45) is 0 Å². The minimum absolute atomic E-state index is 0.391. The van der Waals surface area contributed by atoms with E-state index in [1.807, 2.05) is 12.1 Å². The van der Waals surface area contributed by atoms with Gasteiger partial charge in [-0.3, -0.25) is 0 Å². The first-order valence-electron chi connectivity index (χ1n) is 6.66. The average molecular weight is 334 g/mol. The Labute approximate surface area is 124 Å². The van der Waals surface area contributed by atoms with Crippen molar-refractivity contribution in [3.05, 3.63) is 28.8 Å². The summed E-state index contributed by atoms with van der Waals surface area (Å²) in [5.41, 5.74) is 1.23. The molecule has 18 heavy (non-hydrogen) atoms. The minimum atomic E-state index is 0.391. The second-order valence-corrected chi connectivity index (χ2v) is 6.08. The van der Waals surface area contributed by atoms with Gasteiger partial charge in [0.1, 0.15) is 5.75 Å². The molecule has 0 aliphatic carbocycles. The molecule has 0 saturated carbocycles. The molecule has 1 rings (SSSR count). The number of alkyl halides is 1. The molecule has 0 heterocycles. The van der Waals surface area contributed by atoms with Crippen molar-refractivity contribution in [1.82, 2.24) is 0 Å². The molecule has 0 spiro atoms. The van der Waals surface area contributed by atoms with Crippen molar-refractivity contribution >= 4 is 27.5 Å². The molecule has 1 atom stereocenters. The SMILES string of the molecule is CCCCCCCC(Br)c1ccc(OC)c(Cl)c1. The van der Waals surface area contributed by atoms with E-state index < -0.39 is 0 Å². The molecule has 0 fully saturated rings. The van der Waals surface area contributed by atoms with Crippen LogP contribution >= 0.6 is 27.5 Å². The molecule has 1 aromatic carbocycles. The largest absolute Gasteiger partial charge is 0.495 e. The number of hydrogen-bond donors (Lipinski definition) is 0. The molecule has 0 amide bonds. The van der Waals surface area contributed by atoms with Gasteiger partial charge >= 0.3 is 0 Å². The lowest BCUT2D eigenvalue weighted by atomic mass is 10.0. The van der Waals surface area contributed by atoms with Crippen molar-refractivity contribution < 1.29 is 4.74 Å². The monoisotopic (exact) mass is 332 g/mol. The van der Waals surface area contributed by atoms with Gasteiger partial charge in [-0.2, -0.15) is 0 Å². The Hall–Kier alpha value is -0.210. The van der Waals surface area contributed by atoms with Crippen LogP contribution in [-0.2, 0) is 0 Å². The van der Waals surface area contributed by atoms with E-state index in [1.165, 1.54) is 37.7 Å². The zero-order valence-corrected chi connectivity index (χ0v) is 13.6. The predicted octanol–water partition coefficient (Wildman–Crippen LogP) is 6.15. The van der Waals surface area contributed by atoms with Gasteiger partial charge in [0.15, 0.2) is 0 Å². The van der Waals surface area contributed by atoms with Gasteiger partial charge in [-0.05, 0) is 24.1 Å². The summed E-state index contributed by atoms with van der Waals surface area (Å²) in [6.07, 6.45) is 7.73. The molecular weight excluding hydrogens is 312 g/mol. The smallest absolute Gasteiger partial charge is 0.137 e. The van der Waals surface area contributed by atoms with Crippen LogP contribution < -0.4 is 4.74 Å². The Morgan fingerprint density at radius 2 is 1.94 bits per heavy atom. The number of unbranched alkanes of at least 4 members (excludes halogenated alkanes) is 4. The van der Waals surface area contributed by atoms with E-state index in [9.17, 15) is 0 Å². The topological polar surface area (TPSA) is 9.23 Å². The maximum Gasteiger partial charge on any atom is 0.137 e. The van der Waals surface area contributed by atoms with Gasteiger partial charge in [-0.15, -0.1) is 0 Å². The number of halogens is 2. The quantitative estimate of drug-likeness (QED) is 0.410. The summed E-state index contributed by atoms with van der Waals surface area (Å²) < 4.78 is 5.16. The van der Waals surface area contributed by atoms with Crippen LogP contribution in [0.4, 0.5) is 0 Å². The fourth-order valence-electron chi connectivity index (χ4n) is 1.97. The van der Waals surface area contributed by atoms with E-state index in [0.29, 0.717) is 9.85 Å². The van der Waals surface area contributed by atoms with Gasteiger partial charge in [0.25, 0.3) is 0 Å². The van der Waals surface area contributed by atoms with Gasteiger partial charge in [0, 0.05) is 4.83 Å². The summed E-state index contributed by atoms with van der Waals surface area (Å²) in [5, 5.41) is 0.686. The third-order valence-corrected chi connectivity index (χ3v) is 4.38. The molecule has 0 N–H and O–H groups in total. The minimum Gasteiger partial charge on any atom is -0.495 e. The predicted molar refractivity (Wildman–Crippen MR) is 83.0 cm³/mol.